The van der Waals surface area contributed by atoms with Crippen LogP contribution in [0.25, 0.3) is 0 Å². The number of hydrogen-bond acceptors (Lipinski definition) is 2. The van der Waals surface area contributed by atoms with Gasteiger partial charge in [0.25, 0.3) is 0 Å². The van der Waals surface area contributed by atoms with Crippen molar-refractivity contribution in [2.75, 3.05) is 13.1 Å². The summed E-state index contributed by atoms with van der Waals surface area (Å²) in [6.07, 6.45) is 6.30. The Morgan fingerprint density at radius 3 is 2.36 bits per heavy atom. The van der Waals surface area contributed by atoms with Crippen molar-refractivity contribution in [2.45, 2.75) is 58.4 Å². The summed E-state index contributed by atoms with van der Waals surface area (Å²) in [7, 11) is 0. The third-order valence-corrected chi connectivity index (χ3v) is 4.09. The first-order valence-electron chi connectivity index (χ1n) is 8.46. The van der Waals surface area contributed by atoms with Crippen molar-refractivity contribution in [3.63, 3.8) is 0 Å². The summed E-state index contributed by atoms with van der Waals surface area (Å²) in [5, 5.41) is 3.46. The fourth-order valence-electron chi connectivity index (χ4n) is 2.67. The molecule has 0 aromatic heterocycles. The van der Waals surface area contributed by atoms with Gasteiger partial charge in [-0.15, -0.1) is 0 Å². The Morgan fingerprint density at radius 1 is 1.09 bits per heavy atom. The van der Waals surface area contributed by atoms with Gasteiger partial charge in [0.15, 0.2) is 0 Å². The lowest BCUT2D eigenvalue weighted by molar-refractivity contribution is 0.413. The van der Waals surface area contributed by atoms with Gasteiger partial charge in [-0.05, 0) is 56.0 Å². The highest BCUT2D eigenvalue weighted by Crippen LogP contribution is 2.12. The van der Waals surface area contributed by atoms with Crippen LogP contribution in [0.4, 0.5) is 8.78 Å². The zero-order valence-electron chi connectivity index (χ0n) is 13.9. The van der Waals surface area contributed by atoms with Crippen molar-refractivity contribution >= 4 is 0 Å². The Morgan fingerprint density at radius 2 is 1.77 bits per heavy atom. The van der Waals surface area contributed by atoms with Crippen molar-refractivity contribution in [3.05, 3.63) is 35.4 Å². The van der Waals surface area contributed by atoms with E-state index in [4.69, 9.17) is 5.73 Å². The zero-order chi connectivity index (χ0) is 16.4. The highest BCUT2D eigenvalue weighted by atomic mass is 19.1. The van der Waals surface area contributed by atoms with E-state index in [1.54, 1.807) is 0 Å². The maximum Gasteiger partial charge on any atom is 0.126 e. The van der Waals surface area contributed by atoms with Crippen molar-refractivity contribution in [1.82, 2.24) is 5.32 Å². The summed E-state index contributed by atoms with van der Waals surface area (Å²) in [4.78, 5) is 0. The first-order valence-corrected chi connectivity index (χ1v) is 8.46. The summed E-state index contributed by atoms with van der Waals surface area (Å²) in [6.45, 7) is 6.32. The summed E-state index contributed by atoms with van der Waals surface area (Å²) in [6, 6.07) is 3.52. The molecule has 0 aliphatic heterocycles. The lowest BCUT2D eigenvalue weighted by Gasteiger charge is -2.17. The van der Waals surface area contributed by atoms with E-state index in [1.165, 1.54) is 37.8 Å². The van der Waals surface area contributed by atoms with Crippen LogP contribution in [0.3, 0.4) is 0 Å². The molecule has 1 rings (SSSR count). The van der Waals surface area contributed by atoms with Crippen LogP contribution in [0.1, 0.15) is 51.5 Å². The Labute approximate surface area is 133 Å². The van der Waals surface area contributed by atoms with Crippen molar-refractivity contribution < 1.29 is 8.78 Å². The normalized spacial score (nSPS) is 14.0. The summed E-state index contributed by atoms with van der Waals surface area (Å²) >= 11 is 0. The van der Waals surface area contributed by atoms with Crippen molar-refractivity contribution in [1.29, 1.82) is 0 Å². The van der Waals surface area contributed by atoms with E-state index in [0.29, 0.717) is 12.0 Å². The number of nitrogens with two attached hydrogens (primary N) is 1. The second-order valence-electron chi connectivity index (χ2n) is 6.15. The molecule has 0 saturated carbocycles. The third kappa shape index (κ3) is 7.85. The molecule has 0 radical (unpaired) electrons. The minimum atomic E-state index is -0.540. The quantitative estimate of drug-likeness (QED) is 0.605. The van der Waals surface area contributed by atoms with E-state index < -0.39 is 11.6 Å². The Kier molecular flexibility index (Phi) is 9.25. The molecule has 2 atom stereocenters. The van der Waals surface area contributed by atoms with Crippen LogP contribution in [0.2, 0.25) is 0 Å². The van der Waals surface area contributed by atoms with Crippen molar-refractivity contribution in [3.8, 4) is 0 Å². The molecule has 0 aliphatic carbocycles. The molecule has 0 fully saturated rings. The predicted octanol–water partition coefficient (Wildman–Crippen LogP) is 4.03. The van der Waals surface area contributed by atoms with Gasteiger partial charge < -0.3 is 11.1 Å². The molecule has 3 N–H and O–H groups in total. The molecule has 0 amide bonds. The Bertz CT molecular complexity index is 403. The van der Waals surface area contributed by atoms with Gasteiger partial charge in [0.05, 0.1) is 0 Å². The van der Waals surface area contributed by atoms with Gasteiger partial charge in [0.1, 0.15) is 11.6 Å². The molecular weight excluding hydrogens is 282 g/mol. The van der Waals surface area contributed by atoms with E-state index >= 15 is 0 Å². The van der Waals surface area contributed by atoms with Crippen LogP contribution in [-0.4, -0.2) is 19.1 Å². The van der Waals surface area contributed by atoms with Gasteiger partial charge in [-0.1, -0.05) is 33.1 Å². The first-order chi connectivity index (χ1) is 10.5. The number of nitrogens with one attached hydrogen (secondary N) is 1. The summed E-state index contributed by atoms with van der Waals surface area (Å²) < 4.78 is 26.2. The highest BCUT2D eigenvalue weighted by Gasteiger charge is 2.08. The average Bonchev–Trinajstić information content (AvgIpc) is 2.45. The van der Waals surface area contributed by atoms with Gasteiger partial charge in [0, 0.05) is 12.1 Å². The number of benzene rings is 1. The molecule has 0 heterocycles. The second-order valence-corrected chi connectivity index (χ2v) is 6.15. The lowest BCUT2D eigenvalue weighted by atomic mass is 9.99. The van der Waals surface area contributed by atoms with Crippen LogP contribution in [0.15, 0.2) is 18.2 Å². The molecule has 2 nitrogen and oxygen atoms in total. The van der Waals surface area contributed by atoms with E-state index in [1.807, 2.05) is 0 Å². The molecule has 1 unspecified atom stereocenters. The summed E-state index contributed by atoms with van der Waals surface area (Å²) in [5.41, 5.74) is 6.67. The van der Waals surface area contributed by atoms with Crippen molar-refractivity contribution in [2.24, 2.45) is 11.7 Å². The standard InChI is InChI=1S/C18H30F2N2/c1-3-5-6-14(4-2)13-22-8-7-18(21)11-15-9-16(19)12-17(20)10-15/h9-10,12,14,18,22H,3-8,11,13,21H2,1-2H3/t14?,18-/m1/s1. The SMILES string of the molecule is CCCCC(CC)CNCC[C@@H](N)Cc1cc(F)cc(F)c1. The Hall–Kier alpha value is -1.00. The number of halogens is 2. The van der Waals surface area contributed by atoms with Gasteiger partial charge in [-0.3, -0.25) is 0 Å². The van der Waals surface area contributed by atoms with Crippen LogP contribution >= 0.6 is 0 Å². The minimum absolute atomic E-state index is 0.0792. The molecule has 4 heteroatoms. The largest absolute Gasteiger partial charge is 0.327 e. The molecular formula is C18H30F2N2. The van der Waals surface area contributed by atoms with Crippen LogP contribution in [-0.2, 0) is 6.42 Å². The van der Waals surface area contributed by atoms with Crippen LogP contribution in [0, 0.1) is 17.6 Å². The van der Waals surface area contributed by atoms with Crippen LogP contribution in [0.5, 0.6) is 0 Å². The van der Waals surface area contributed by atoms with E-state index in [2.05, 4.69) is 19.2 Å². The molecule has 0 saturated heterocycles. The predicted molar refractivity (Wildman–Crippen MR) is 88.8 cm³/mol. The monoisotopic (exact) mass is 312 g/mol. The summed E-state index contributed by atoms with van der Waals surface area (Å²) in [5.74, 6) is -0.349. The maximum absolute atomic E-state index is 13.1. The fraction of sp³-hybridized carbons (Fsp3) is 0.667. The maximum atomic E-state index is 13.1. The van der Waals surface area contributed by atoms with Gasteiger partial charge in [0.2, 0.25) is 0 Å². The number of unbranched alkanes of at least 4 members (excludes halogenated alkanes) is 1. The average molecular weight is 312 g/mol. The van der Waals surface area contributed by atoms with E-state index in [9.17, 15) is 8.78 Å². The molecule has 0 aliphatic rings. The van der Waals surface area contributed by atoms with E-state index in [0.717, 1.165) is 31.5 Å². The third-order valence-electron chi connectivity index (χ3n) is 4.09. The molecule has 1 aromatic rings. The molecule has 1 aromatic carbocycles. The van der Waals surface area contributed by atoms with E-state index in [-0.39, 0.29) is 6.04 Å². The van der Waals surface area contributed by atoms with Crippen LogP contribution < -0.4 is 11.1 Å². The highest BCUT2D eigenvalue weighted by molar-refractivity contribution is 5.18. The van der Waals surface area contributed by atoms with Gasteiger partial charge >= 0.3 is 0 Å². The zero-order valence-corrected chi connectivity index (χ0v) is 13.9. The van der Waals surface area contributed by atoms with Gasteiger partial charge in [-0.25, -0.2) is 8.78 Å². The first kappa shape index (κ1) is 19.0. The topological polar surface area (TPSA) is 38.0 Å². The number of hydrogen-bond donors (Lipinski definition) is 2. The molecule has 0 bridgehead atoms. The smallest absolute Gasteiger partial charge is 0.126 e. The molecule has 126 valence electrons. The molecule has 22 heavy (non-hydrogen) atoms. The lowest BCUT2D eigenvalue weighted by Crippen LogP contribution is -2.31. The van der Waals surface area contributed by atoms with Gasteiger partial charge in [-0.2, -0.15) is 0 Å². The molecule has 0 spiro atoms. The second kappa shape index (κ2) is 10.7. The number of rotatable bonds is 11. The fourth-order valence-corrected chi connectivity index (χ4v) is 2.67. The Balaban J connectivity index is 2.24. The minimum Gasteiger partial charge on any atom is -0.327 e.